The Morgan fingerprint density at radius 1 is 1.09 bits per heavy atom. The molecule has 0 spiro atoms. The number of allylic oxidation sites excluding steroid dienone is 2. The minimum absolute atomic E-state index is 0. The maximum absolute atomic E-state index is 2.16. The molecule has 0 bridgehead atoms. The molecule has 0 amide bonds. The van der Waals surface area contributed by atoms with E-state index in [1.807, 2.05) is 0 Å². The summed E-state index contributed by atoms with van der Waals surface area (Å²) < 4.78 is 0. The molecule has 1 heteroatoms. The van der Waals surface area contributed by atoms with Crippen LogP contribution >= 0.6 is 0 Å². The molecule has 0 aromatic heterocycles. The van der Waals surface area contributed by atoms with E-state index in [-0.39, 0.29) is 26.2 Å². The van der Waals surface area contributed by atoms with Crippen LogP contribution in [-0.2, 0) is 26.2 Å². The van der Waals surface area contributed by atoms with Crippen LogP contribution in [0.1, 0.15) is 18.1 Å². The van der Waals surface area contributed by atoms with Gasteiger partial charge in [-0.1, -0.05) is 30.3 Å². The van der Waals surface area contributed by atoms with Gasteiger partial charge in [0.15, 0.2) is 0 Å². The second-order valence-electron chi connectivity index (χ2n) is 2.60. The summed E-state index contributed by atoms with van der Waals surface area (Å²) in [4.78, 5) is 0. The van der Waals surface area contributed by atoms with Crippen LogP contribution in [-0.4, -0.2) is 0 Å². The molecule has 1 aliphatic carbocycles. The van der Waals surface area contributed by atoms with E-state index in [9.17, 15) is 0 Å². The molecule has 1 aromatic rings. The molecule has 0 saturated carbocycles. The molecule has 0 aliphatic heterocycles. The Morgan fingerprint density at radius 3 is 2.55 bits per heavy atom. The quantitative estimate of drug-likeness (QED) is 0.630. The monoisotopic (exact) mass is 219 g/mol. The number of hydrogen-bond acceptors (Lipinski definition) is 0. The van der Waals surface area contributed by atoms with Crippen molar-refractivity contribution < 1.29 is 26.2 Å². The van der Waals surface area contributed by atoms with Crippen molar-refractivity contribution in [3.05, 3.63) is 47.9 Å². The standard InChI is InChI=1S/C10H9.Zr/c1-8-6-7-9-4-2-3-5-10(8)9;/h2-7H,1H3;. The maximum Gasteiger partial charge on any atom is 0.0134 e. The Kier molecular flexibility index (Phi) is 2.84. The summed E-state index contributed by atoms with van der Waals surface area (Å²) in [5, 5.41) is 0. The first kappa shape index (κ1) is 8.94. The summed E-state index contributed by atoms with van der Waals surface area (Å²) in [5.74, 6) is 0. The molecule has 53 valence electrons. The molecule has 0 fully saturated rings. The molecule has 0 nitrogen and oxygen atoms in total. The smallest absolute Gasteiger partial charge is 0.0134 e. The zero-order chi connectivity index (χ0) is 6.97. The molecule has 1 radical (unpaired) electrons. The van der Waals surface area contributed by atoms with Gasteiger partial charge in [-0.05, 0) is 23.6 Å². The van der Waals surface area contributed by atoms with Crippen LogP contribution in [0.3, 0.4) is 0 Å². The molecule has 1 aliphatic rings. The van der Waals surface area contributed by atoms with Crippen molar-refractivity contribution in [3.8, 4) is 0 Å². The van der Waals surface area contributed by atoms with Crippen molar-refractivity contribution in [1.82, 2.24) is 0 Å². The maximum atomic E-state index is 2.16. The van der Waals surface area contributed by atoms with Crippen molar-refractivity contribution in [2.45, 2.75) is 6.92 Å². The predicted octanol–water partition coefficient (Wildman–Crippen LogP) is 2.65. The van der Waals surface area contributed by atoms with Gasteiger partial charge in [0.25, 0.3) is 0 Å². The predicted molar refractivity (Wildman–Crippen MR) is 43.5 cm³/mol. The van der Waals surface area contributed by atoms with E-state index in [1.165, 1.54) is 16.7 Å². The van der Waals surface area contributed by atoms with Gasteiger partial charge in [-0.15, -0.1) is 0 Å². The number of benzene rings is 1. The second-order valence-corrected chi connectivity index (χ2v) is 2.60. The molecular formula is C10H9Zr. The molecule has 0 N–H and O–H groups in total. The van der Waals surface area contributed by atoms with Crippen molar-refractivity contribution in [1.29, 1.82) is 0 Å². The Labute approximate surface area is 86.4 Å². The van der Waals surface area contributed by atoms with Crippen LogP contribution in [0.25, 0.3) is 5.57 Å². The van der Waals surface area contributed by atoms with E-state index in [0.29, 0.717) is 0 Å². The summed E-state index contributed by atoms with van der Waals surface area (Å²) in [5.41, 5.74) is 4.10. The van der Waals surface area contributed by atoms with Gasteiger partial charge in [0.05, 0.1) is 0 Å². The second kappa shape index (κ2) is 3.49. The first-order valence-electron chi connectivity index (χ1n) is 3.49. The molecule has 1 aromatic carbocycles. The van der Waals surface area contributed by atoms with Crippen LogP contribution in [0.15, 0.2) is 30.3 Å². The van der Waals surface area contributed by atoms with Crippen molar-refractivity contribution in [2.75, 3.05) is 0 Å². The summed E-state index contributed by atoms with van der Waals surface area (Å²) in [6.07, 6.45) is 4.31. The average Bonchev–Trinajstić information content (AvgIpc) is 2.34. The fourth-order valence-electron chi connectivity index (χ4n) is 1.31. The molecule has 0 unspecified atom stereocenters. The summed E-state index contributed by atoms with van der Waals surface area (Å²) in [6, 6.07) is 8.45. The van der Waals surface area contributed by atoms with Crippen LogP contribution in [0.5, 0.6) is 0 Å². The average molecular weight is 220 g/mol. The van der Waals surface area contributed by atoms with Gasteiger partial charge in [-0.25, -0.2) is 0 Å². The molecule has 0 saturated heterocycles. The van der Waals surface area contributed by atoms with Gasteiger partial charge < -0.3 is 0 Å². The van der Waals surface area contributed by atoms with Crippen LogP contribution in [0.2, 0.25) is 0 Å². The molecule has 0 atom stereocenters. The number of rotatable bonds is 0. The molecular weight excluding hydrogens is 211 g/mol. The van der Waals surface area contributed by atoms with E-state index >= 15 is 0 Å². The third-order valence-corrected chi connectivity index (χ3v) is 1.90. The third-order valence-electron chi connectivity index (χ3n) is 1.90. The fraction of sp³-hybridized carbons (Fsp3) is 0.100. The Bertz CT molecular complexity index is 287. The minimum Gasteiger partial charge on any atom is -0.0725 e. The normalized spacial score (nSPS) is 13.4. The van der Waals surface area contributed by atoms with Gasteiger partial charge in [-0.2, -0.15) is 0 Å². The van der Waals surface area contributed by atoms with Gasteiger partial charge >= 0.3 is 0 Å². The van der Waals surface area contributed by atoms with E-state index in [0.717, 1.165) is 0 Å². The SMILES string of the molecule is CC1=C[CH]c2ccccc21.[Zr]. The molecule has 11 heavy (non-hydrogen) atoms. The van der Waals surface area contributed by atoms with E-state index in [2.05, 4.69) is 43.7 Å². The molecule has 0 heterocycles. The van der Waals surface area contributed by atoms with Gasteiger partial charge in [-0.3, -0.25) is 0 Å². The zero-order valence-corrected chi connectivity index (χ0v) is 8.92. The first-order valence-corrected chi connectivity index (χ1v) is 3.49. The van der Waals surface area contributed by atoms with Crippen molar-refractivity contribution in [3.63, 3.8) is 0 Å². The first-order chi connectivity index (χ1) is 4.88. The Balaban J connectivity index is 0.000000605. The Morgan fingerprint density at radius 2 is 1.82 bits per heavy atom. The van der Waals surface area contributed by atoms with Gasteiger partial charge in [0.1, 0.15) is 0 Å². The van der Waals surface area contributed by atoms with Gasteiger partial charge in [0, 0.05) is 32.6 Å². The Hall–Kier alpha value is -0.157. The van der Waals surface area contributed by atoms with E-state index in [4.69, 9.17) is 0 Å². The van der Waals surface area contributed by atoms with Crippen LogP contribution < -0.4 is 0 Å². The van der Waals surface area contributed by atoms with E-state index < -0.39 is 0 Å². The van der Waals surface area contributed by atoms with Crippen molar-refractivity contribution in [2.24, 2.45) is 0 Å². The topological polar surface area (TPSA) is 0 Å². The molecule has 2 rings (SSSR count). The number of hydrogen-bond donors (Lipinski definition) is 0. The fourth-order valence-corrected chi connectivity index (χ4v) is 1.31. The summed E-state index contributed by atoms with van der Waals surface area (Å²) in [6.45, 7) is 2.14. The van der Waals surface area contributed by atoms with Crippen LogP contribution in [0.4, 0.5) is 0 Å². The van der Waals surface area contributed by atoms with Crippen molar-refractivity contribution >= 4 is 5.57 Å². The largest absolute Gasteiger partial charge is 0.0725 e. The summed E-state index contributed by atoms with van der Waals surface area (Å²) >= 11 is 0. The third kappa shape index (κ3) is 1.54. The summed E-state index contributed by atoms with van der Waals surface area (Å²) in [7, 11) is 0. The minimum atomic E-state index is 0. The number of fused-ring (bicyclic) bond motifs is 1. The zero-order valence-electron chi connectivity index (χ0n) is 6.46. The van der Waals surface area contributed by atoms with Crippen LogP contribution in [0, 0.1) is 6.42 Å². The van der Waals surface area contributed by atoms with E-state index in [1.54, 1.807) is 0 Å². The van der Waals surface area contributed by atoms with Gasteiger partial charge in [0.2, 0.25) is 0 Å².